The molecule has 3 heterocycles. The molecule has 0 spiro atoms. The molecule has 16 heavy (non-hydrogen) atoms. The molecule has 0 aliphatic carbocycles. The van der Waals surface area contributed by atoms with Crippen molar-refractivity contribution in [3.8, 4) is 0 Å². The number of pyridine rings is 1. The van der Waals surface area contributed by atoms with Crippen molar-refractivity contribution in [3.63, 3.8) is 0 Å². The summed E-state index contributed by atoms with van der Waals surface area (Å²) in [5.74, 6) is 0. The molecule has 0 atom stereocenters. The molecule has 0 saturated carbocycles. The molecule has 0 unspecified atom stereocenters. The highest BCUT2D eigenvalue weighted by Gasteiger charge is 2.13. The molecule has 1 saturated heterocycles. The van der Waals surface area contributed by atoms with Crippen LogP contribution in [0, 0.1) is 0 Å². The Balaban J connectivity index is 2.00. The predicted molar refractivity (Wildman–Crippen MR) is 63.7 cm³/mol. The van der Waals surface area contributed by atoms with E-state index in [1.54, 1.807) is 12.5 Å². The van der Waals surface area contributed by atoms with Crippen LogP contribution < -0.4 is 10.2 Å². The van der Waals surface area contributed by atoms with Crippen LogP contribution in [0.3, 0.4) is 0 Å². The molecule has 3 rings (SSSR count). The van der Waals surface area contributed by atoms with Gasteiger partial charge in [-0.05, 0) is 19.0 Å². The molecule has 2 aromatic heterocycles. The van der Waals surface area contributed by atoms with Crippen LogP contribution in [0.25, 0.3) is 11.0 Å². The molecule has 84 valence electrons. The van der Waals surface area contributed by atoms with E-state index in [0.29, 0.717) is 0 Å². The van der Waals surface area contributed by atoms with Gasteiger partial charge in [-0.15, -0.1) is 0 Å². The number of aromatic nitrogens is 1. The zero-order valence-corrected chi connectivity index (χ0v) is 9.15. The monoisotopic (exact) mass is 217 g/mol. The van der Waals surface area contributed by atoms with Crippen LogP contribution in [0.5, 0.6) is 0 Å². The van der Waals surface area contributed by atoms with Crippen molar-refractivity contribution >= 4 is 16.7 Å². The Morgan fingerprint density at radius 2 is 2.25 bits per heavy atom. The highest BCUT2D eigenvalue weighted by atomic mass is 16.3. The predicted octanol–water partition coefficient (Wildman–Crippen LogP) is 1.63. The van der Waals surface area contributed by atoms with Gasteiger partial charge in [0.25, 0.3) is 0 Å². The van der Waals surface area contributed by atoms with Crippen LogP contribution in [0.2, 0.25) is 0 Å². The number of hydrogen-bond donors (Lipinski definition) is 1. The Bertz CT molecular complexity index is 472. The number of hydrogen-bond acceptors (Lipinski definition) is 4. The van der Waals surface area contributed by atoms with Gasteiger partial charge in [0.2, 0.25) is 0 Å². The van der Waals surface area contributed by atoms with Gasteiger partial charge in [0.1, 0.15) is 0 Å². The lowest BCUT2D eigenvalue weighted by Gasteiger charge is -2.22. The summed E-state index contributed by atoms with van der Waals surface area (Å²) in [6.45, 7) is 4.25. The second-order valence-corrected chi connectivity index (χ2v) is 4.08. The maximum Gasteiger partial charge on any atom is 0.154 e. The van der Waals surface area contributed by atoms with Crippen molar-refractivity contribution in [3.05, 3.63) is 24.7 Å². The SMILES string of the molecule is c1cc2c(N3CCCNCC3)cncc2o1. The first kappa shape index (κ1) is 9.66. The Morgan fingerprint density at radius 1 is 1.25 bits per heavy atom. The van der Waals surface area contributed by atoms with Gasteiger partial charge in [-0.3, -0.25) is 4.98 Å². The largest absolute Gasteiger partial charge is 0.463 e. The van der Waals surface area contributed by atoms with E-state index in [0.717, 1.165) is 37.1 Å². The first-order valence-corrected chi connectivity index (χ1v) is 5.72. The molecule has 1 aliphatic heterocycles. The lowest BCUT2D eigenvalue weighted by molar-refractivity contribution is 0.614. The topological polar surface area (TPSA) is 41.3 Å². The van der Waals surface area contributed by atoms with Crippen LogP contribution >= 0.6 is 0 Å². The number of anilines is 1. The summed E-state index contributed by atoms with van der Waals surface area (Å²) in [4.78, 5) is 6.61. The summed E-state index contributed by atoms with van der Waals surface area (Å²) < 4.78 is 5.38. The average molecular weight is 217 g/mol. The van der Waals surface area contributed by atoms with Crippen LogP contribution in [-0.4, -0.2) is 31.2 Å². The molecule has 2 aromatic rings. The third-order valence-electron chi connectivity index (χ3n) is 3.04. The Hall–Kier alpha value is -1.55. The zero-order valence-electron chi connectivity index (χ0n) is 9.15. The van der Waals surface area contributed by atoms with Crippen LogP contribution in [-0.2, 0) is 0 Å². The summed E-state index contributed by atoms with van der Waals surface area (Å²) in [5, 5.41) is 4.57. The number of fused-ring (bicyclic) bond motifs is 1. The van der Waals surface area contributed by atoms with Crippen molar-refractivity contribution in [1.82, 2.24) is 10.3 Å². The second-order valence-electron chi connectivity index (χ2n) is 4.08. The van der Waals surface area contributed by atoms with E-state index in [9.17, 15) is 0 Å². The number of nitrogens with one attached hydrogen (secondary N) is 1. The van der Waals surface area contributed by atoms with Crippen molar-refractivity contribution in [1.29, 1.82) is 0 Å². The van der Waals surface area contributed by atoms with Crippen LogP contribution in [0.15, 0.2) is 29.1 Å². The quantitative estimate of drug-likeness (QED) is 0.788. The zero-order chi connectivity index (χ0) is 10.8. The second kappa shape index (κ2) is 4.14. The van der Waals surface area contributed by atoms with E-state index in [2.05, 4.69) is 15.2 Å². The maximum atomic E-state index is 5.38. The fourth-order valence-corrected chi connectivity index (χ4v) is 2.22. The summed E-state index contributed by atoms with van der Waals surface area (Å²) in [6, 6.07) is 2.02. The van der Waals surface area contributed by atoms with Gasteiger partial charge < -0.3 is 14.6 Å². The summed E-state index contributed by atoms with van der Waals surface area (Å²) in [7, 11) is 0. The Labute approximate surface area is 94.3 Å². The van der Waals surface area contributed by atoms with Crippen molar-refractivity contribution < 1.29 is 4.42 Å². The smallest absolute Gasteiger partial charge is 0.154 e. The van der Waals surface area contributed by atoms with Gasteiger partial charge in [-0.2, -0.15) is 0 Å². The van der Waals surface area contributed by atoms with E-state index in [-0.39, 0.29) is 0 Å². The first-order valence-electron chi connectivity index (χ1n) is 5.72. The highest BCUT2D eigenvalue weighted by molar-refractivity contribution is 5.89. The molecule has 1 fully saturated rings. The van der Waals surface area contributed by atoms with E-state index in [1.807, 2.05) is 12.3 Å². The van der Waals surface area contributed by atoms with Gasteiger partial charge in [-0.1, -0.05) is 0 Å². The van der Waals surface area contributed by atoms with Gasteiger partial charge >= 0.3 is 0 Å². The number of nitrogens with zero attached hydrogens (tertiary/aromatic N) is 2. The molecule has 4 nitrogen and oxygen atoms in total. The lowest BCUT2D eigenvalue weighted by atomic mass is 10.2. The number of furan rings is 1. The normalized spacial score (nSPS) is 17.6. The molecule has 0 amide bonds. The summed E-state index contributed by atoms with van der Waals surface area (Å²) in [5.41, 5.74) is 2.06. The summed E-state index contributed by atoms with van der Waals surface area (Å²) in [6.07, 6.45) is 6.61. The van der Waals surface area contributed by atoms with Gasteiger partial charge in [-0.25, -0.2) is 0 Å². The molecule has 0 bridgehead atoms. The van der Waals surface area contributed by atoms with Crippen molar-refractivity contribution in [2.24, 2.45) is 0 Å². The molecule has 0 aromatic carbocycles. The maximum absolute atomic E-state index is 5.38. The standard InChI is InChI=1S/C12H15N3O/c1-3-13-4-6-15(5-1)11-8-14-9-12-10(11)2-7-16-12/h2,7-9,13H,1,3-6H2. The van der Waals surface area contributed by atoms with Crippen molar-refractivity contribution in [2.45, 2.75) is 6.42 Å². The fraction of sp³-hybridized carbons (Fsp3) is 0.417. The molecule has 4 heteroatoms. The molecular weight excluding hydrogens is 202 g/mol. The van der Waals surface area contributed by atoms with E-state index in [1.165, 1.54) is 12.1 Å². The lowest BCUT2D eigenvalue weighted by Crippen LogP contribution is -2.27. The van der Waals surface area contributed by atoms with Crippen molar-refractivity contribution in [2.75, 3.05) is 31.1 Å². The average Bonchev–Trinajstić information content (AvgIpc) is 2.63. The summed E-state index contributed by atoms with van der Waals surface area (Å²) >= 11 is 0. The fourth-order valence-electron chi connectivity index (χ4n) is 2.22. The van der Waals surface area contributed by atoms with E-state index < -0.39 is 0 Å². The Morgan fingerprint density at radius 3 is 3.25 bits per heavy atom. The van der Waals surface area contributed by atoms with Gasteiger partial charge in [0.05, 0.1) is 24.3 Å². The van der Waals surface area contributed by atoms with E-state index >= 15 is 0 Å². The first-order chi connectivity index (χ1) is 7.95. The minimum Gasteiger partial charge on any atom is -0.463 e. The van der Waals surface area contributed by atoms with Crippen LogP contribution in [0.1, 0.15) is 6.42 Å². The third-order valence-corrected chi connectivity index (χ3v) is 3.04. The minimum absolute atomic E-state index is 0.870. The Kier molecular flexibility index (Phi) is 2.50. The molecule has 0 radical (unpaired) electrons. The van der Waals surface area contributed by atoms with Gasteiger partial charge in [0.15, 0.2) is 5.58 Å². The number of rotatable bonds is 1. The van der Waals surface area contributed by atoms with E-state index in [4.69, 9.17) is 4.42 Å². The molecular formula is C12H15N3O. The third kappa shape index (κ3) is 1.65. The molecule has 1 aliphatic rings. The van der Waals surface area contributed by atoms with Gasteiger partial charge in [0, 0.05) is 25.0 Å². The minimum atomic E-state index is 0.870. The molecule has 1 N–H and O–H groups in total. The highest BCUT2D eigenvalue weighted by Crippen LogP contribution is 2.26. The van der Waals surface area contributed by atoms with Crippen LogP contribution in [0.4, 0.5) is 5.69 Å².